The number of carbonyl (C=O) groups excluding carboxylic acids is 1. The molecule has 4 heterocycles. The van der Waals surface area contributed by atoms with E-state index < -0.39 is 0 Å². The predicted molar refractivity (Wildman–Crippen MR) is 77.7 cm³/mol. The molecule has 0 saturated carbocycles. The Labute approximate surface area is 121 Å². The van der Waals surface area contributed by atoms with Crippen molar-refractivity contribution >= 4 is 22.9 Å². The zero-order valence-corrected chi connectivity index (χ0v) is 11.9. The van der Waals surface area contributed by atoms with Gasteiger partial charge in [0.05, 0.1) is 24.5 Å². The molecule has 5 heteroatoms. The highest BCUT2D eigenvalue weighted by molar-refractivity contribution is 7.08. The first kappa shape index (κ1) is 12.2. The van der Waals surface area contributed by atoms with E-state index in [1.807, 2.05) is 28.5 Å². The molecule has 0 spiro atoms. The lowest BCUT2D eigenvalue weighted by molar-refractivity contribution is -0.117. The van der Waals surface area contributed by atoms with Crippen LogP contribution in [0.15, 0.2) is 39.6 Å². The Morgan fingerprint density at radius 1 is 1.35 bits per heavy atom. The molecular weight excluding hydrogens is 272 g/mol. The van der Waals surface area contributed by atoms with Gasteiger partial charge in [-0.25, -0.2) is 0 Å². The van der Waals surface area contributed by atoms with E-state index in [1.54, 1.807) is 17.6 Å². The summed E-state index contributed by atoms with van der Waals surface area (Å²) >= 11 is 1.64. The van der Waals surface area contributed by atoms with Crippen molar-refractivity contribution in [1.29, 1.82) is 0 Å². The molecule has 0 aromatic carbocycles. The van der Waals surface area contributed by atoms with Gasteiger partial charge < -0.3 is 9.32 Å². The lowest BCUT2D eigenvalue weighted by Gasteiger charge is -2.24. The monoisotopic (exact) mass is 288 g/mol. The number of nitrogens with zero attached hydrogens (tertiary/aromatic N) is 2. The van der Waals surface area contributed by atoms with Gasteiger partial charge in [0.2, 0.25) is 5.91 Å². The van der Waals surface area contributed by atoms with Crippen LogP contribution in [0.2, 0.25) is 0 Å². The number of anilines is 1. The minimum atomic E-state index is 0.252. The third-order valence-electron chi connectivity index (χ3n) is 4.33. The molecule has 2 fully saturated rings. The van der Waals surface area contributed by atoms with Crippen LogP contribution in [0.25, 0.3) is 0 Å². The zero-order valence-electron chi connectivity index (χ0n) is 11.1. The fraction of sp³-hybridized carbons (Fsp3) is 0.400. The molecule has 4 nitrogen and oxygen atoms in total. The molecule has 0 N–H and O–H groups in total. The van der Waals surface area contributed by atoms with E-state index >= 15 is 0 Å². The Bertz CT molecular complexity index is 593. The lowest BCUT2D eigenvalue weighted by Crippen LogP contribution is -2.36. The Hall–Kier alpha value is -1.59. The van der Waals surface area contributed by atoms with Gasteiger partial charge in [0.25, 0.3) is 0 Å². The molecule has 2 saturated heterocycles. The molecule has 0 unspecified atom stereocenters. The van der Waals surface area contributed by atoms with E-state index in [9.17, 15) is 4.79 Å². The molecule has 0 radical (unpaired) electrons. The smallest absolute Gasteiger partial charge is 0.228 e. The van der Waals surface area contributed by atoms with Gasteiger partial charge in [-0.3, -0.25) is 9.69 Å². The summed E-state index contributed by atoms with van der Waals surface area (Å²) in [6.45, 7) is 1.84. The van der Waals surface area contributed by atoms with Crippen LogP contribution >= 0.6 is 11.3 Å². The quantitative estimate of drug-likeness (QED) is 0.871. The molecule has 2 atom stereocenters. The summed E-state index contributed by atoms with van der Waals surface area (Å²) < 4.78 is 5.43. The topological polar surface area (TPSA) is 36.7 Å². The maximum Gasteiger partial charge on any atom is 0.228 e. The normalized spacial score (nSPS) is 26.4. The summed E-state index contributed by atoms with van der Waals surface area (Å²) in [6, 6.07) is 6.61. The Morgan fingerprint density at radius 2 is 2.30 bits per heavy atom. The average molecular weight is 288 g/mol. The van der Waals surface area contributed by atoms with Crippen molar-refractivity contribution in [1.82, 2.24) is 4.90 Å². The highest BCUT2D eigenvalue weighted by atomic mass is 32.1. The average Bonchev–Trinajstić information content (AvgIpc) is 3.16. The predicted octanol–water partition coefficient (Wildman–Crippen LogP) is 2.72. The number of thiophene rings is 1. The number of amides is 1. The largest absolute Gasteiger partial charge is 0.468 e. The number of hydrogen-bond acceptors (Lipinski definition) is 4. The number of rotatable bonds is 3. The van der Waals surface area contributed by atoms with Gasteiger partial charge in [-0.15, -0.1) is 0 Å². The summed E-state index contributed by atoms with van der Waals surface area (Å²) in [5, 5.41) is 4.10. The van der Waals surface area contributed by atoms with Crippen LogP contribution in [0.1, 0.15) is 18.6 Å². The van der Waals surface area contributed by atoms with Crippen molar-refractivity contribution in [2.75, 3.05) is 11.4 Å². The fourth-order valence-corrected chi connectivity index (χ4v) is 4.09. The molecule has 2 aromatic rings. The third-order valence-corrected chi connectivity index (χ3v) is 5.00. The number of hydrogen-bond donors (Lipinski definition) is 0. The van der Waals surface area contributed by atoms with Gasteiger partial charge in [-0.05, 0) is 30.0 Å². The summed E-state index contributed by atoms with van der Waals surface area (Å²) in [4.78, 5) is 16.7. The van der Waals surface area contributed by atoms with Crippen LogP contribution in [-0.2, 0) is 11.3 Å². The highest BCUT2D eigenvalue weighted by Crippen LogP contribution is 2.37. The minimum absolute atomic E-state index is 0.252. The van der Waals surface area contributed by atoms with E-state index in [0.29, 0.717) is 18.5 Å². The second-order valence-corrected chi connectivity index (χ2v) is 6.20. The molecule has 2 aromatic heterocycles. The second kappa shape index (κ2) is 4.75. The van der Waals surface area contributed by atoms with Crippen molar-refractivity contribution in [3.8, 4) is 0 Å². The lowest BCUT2D eigenvalue weighted by atomic mass is 10.1. The first-order valence-corrected chi connectivity index (χ1v) is 7.88. The molecule has 20 heavy (non-hydrogen) atoms. The standard InChI is InChI=1S/C15H16N2O2S/c18-15-8-14-13(17(15)11-4-7-20-10-11)3-5-16(14)9-12-2-1-6-19-12/h1-2,4,6-7,10,13-14H,3,5,8-9H2/t13-,14+/m1/s1. The minimum Gasteiger partial charge on any atom is -0.468 e. The molecule has 0 aliphatic carbocycles. The van der Waals surface area contributed by atoms with Crippen LogP contribution in [0.4, 0.5) is 5.69 Å². The first-order valence-electron chi connectivity index (χ1n) is 6.93. The van der Waals surface area contributed by atoms with Crippen LogP contribution in [0, 0.1) is 0 Å². The second-order valence-electron chi connectivity index (χ2n) is 5.42. The van der Waals surface area contributed by atoms with Crippen molar-refractivity contribution < 1.29 is 9.21 Å². The fourth-order valence-electron chi connectivity index (χ4n) is 3.46. The maximum atomic E-state index is 12.3. The molecule has 2 aliphatic rings. The molecular formula is C15H16N2O2S. The maximum absolute atomic E-state index is 12.3. The molecule has 1 amide bonds. The number of furan rings is 1. The molecule has 2 aliphatic heterocycles. The number of carbonyl (C=O) groups is 1. The van der Waals surface area contributed by atoms with Crippen LogP contribution < -0.4 is 4.90 Å². The van der Waals surface area contributed by atoms with E-state index in [4.69, 9.17) is 4.42 Å². The van der Waals surface area contributed by atoms with E-state index in [-0.39, 0.29) is 5.91 Å². The Morgan fingerprint density at radius 3 is 3.05 bits per heavy atom. The van der Waals surface area contributed by atoms with Gasteiger partial charge in [0.1, 0.15) is 5.76 Å². The van der Waals surface area contributed by atoms with Crippen molar-refractivity contribution in [3.05, 3.63) is 41.0 Å². The van der Waals surface area contributed by atoms with E-state index in [2.05, 4.69) is 10.3 Å². The summed E-state index contributed by atoms with van der Waals surface area (Å²) in [5.41, 5.74) is 1.06. The summed E-state index contributed by atoms with van der Waals surface area (Å²) in [6.07, 6.45) is 3.38. The van der Waals surface area contributed by atoms with Gasteiger partial charge in [0.15, 0.2) is 0 Å². The SMILES string of the molecule is O=C1C[C@H]2[C@@H](CCN2Cc2ccco2)N1c1ccsc1. The van der Waals surface area contributed by atoms with Crippen molar-refractivity contribution in [2.24, 2.45) is 0 Å². The van der Waals surface area contributed by atoms with Crippen LogP contribution in [0.5, 0.6) is 0 Å². The summed E-state index contributed by atoms with van der Waals surface area (Å²) in [7, 11) is 0. The van der Waals surface area contributed by atoms with Crippen LogP contribution in [-0.4, -0.2) is 29.4 Å². The summed E-state index contributed by atoms with van der Waals surface area (Å²) in [5.74, 6) is 1.23. The first-order chi connectivity index (χ1) is 9.83. The zero-order chi connectivity index (χ0) is 13.5. The molecule has 4 rings (SSSR count). The van der Waals surface area contributed by atoms with Gasteiger partial charge >= 0.3 is 0 Å². The van der Waals surface area contributed by atoms with E-state index in [0.717, 1.165) is 31.0 Å². The van der Waals surface area contributed by atoms with Crippen molar-refractivity contribution in [2.45, 2.75) is 31.5 Å². The van der Waals surface area contributed by atoms with Gasteiger partial charge in [-0.2, -0.15) is 11.3 Å². The van der Waals surface area contributed by atoms with Gasteiger partial charge in [-0.1, -0.05) is 0 Å². The van der Waals surface area contributed by atoms with E-state index in [1.165, 1.54) is 0 Å². The number of fused-ring (bicyclic) bond motifs is 1. The van der Waals surface area contributed by atoms with Gasteiger partial charge in [0, 0.05) is 24.4 Å². The molecule has 104 valence electrons. The number of likely N-dealkylation sites (tertiary alicyclic amines) is 1. The van der Waals surface area contributed by atoms with Crippen molar-refractivity contribution in [3.63, 3.8) is 0 Å². The Balaban J connectivity index is 1.55. The Kier molecular flexibility index (Phi) is 2.89. The van der Waals surface area contributed by atoms with Crippen LogP contribution in [0.3, 0.4) is 0 Å². The third kappa shape index (κ3) is 1.89. The highest BCUT2D eigenvalue weighted by Gasteiger charge is 2.47. The molecule has 0 bridgehead atoms.